The predicted molar refractivity (Wildman–Crippen MR) is 81.8 cm³/mol. The predicted octanol–water partition coefficient (Wildman–Crippen LogP) is 2.84. The van der Waals surface area contributed by atoms with Crippen LogP contribution in [-0.4, -0.2) is 26.6 Å². The van der Waals surface area contributed by atoms with Crippen LogP contribution >= 0.6 is 11.6 Å². The van der Waals surface area contributed by atoms with Gasteiger partial charge in [0, 0.05) is 16.9 Å². The van der Waals surface area contributed by atoms with Crippen molar-refractivity contribution < 1.29 is 17.4 Å². The number of carbonyl (C=O) groups excluding carboxylic acids is 1. The van der Waals surface area contributed by atoms with Crippen LogP contribution in [0.2, 0.25) is 5.02 Å². The fourth-order valence-electron chi connectivity index (χ4n) is 2.88. The summed E-state index contributed by atoms with van der Waals surface area (Å²) < 4.78 is 27.3. The Morgan fingerprint density at radius 1 is 1.29 bits per heavy atom. The summed E-state index contributed by atoms with van der Waals surface area (Å²) in [7, 11) is -3.53. The standard InChI is InChI=1S/C15H19ClO4S/c1-10(20-21(2,18)19)14-8-5-12(15(14)17)9-11-3-6-13(16)7-4-11/h3-4,6-7,10,12,14H,5,8-9H2,1-2H3. The third-order valence-electron chi connectivity index (χ3n) is 3.88. The van der Waals surface area contributed by atoms with Crippen LogP contribution in [0.3, 0.4) is 0 Å². The molecule has 1 fully saturated rings. The Labute approximate surface area is 130 Å². The number of rotatable bonds is 5. The Kier molecular flexibility index (Phi) is 5.07. The zero-order valence-corrected chi connectivity index (χ0v) is 13.7. The van der Waals surface area contributed by atoms with Gasteiger partial charge < -0.3 is 0 Å². The topological polar surface area (TPSA) is 60.4 Å². The van der Waals surface area contributed by atoms with Crippen LogP contribution in [0.25, 0.3) is 0 Å². The molecule has 0 bridgehead atoms. The monoisotopic (exact) mass is 330 g/mol. The Bertz CT molecular complexity index is 609. The normalized spacial score (nSPS) is 24.2. The number of benzene rings is 1. The quantitative estimate of drug-likeness (QED) is 0.779. The summed E-state index contributed by atoms with van der Waals surface area (Å²) in [6, 6.07) is 7.45. The highest BCUT2D eigenvalue weighted by atomic mass is 35.5. The summed E-state index contributed by atoms with van der Waals surface area (Å²) in [5.41, 5.74) is 1.06. The number of halogens is 1. The van der Waals surface area contributed by atoms with E-state index in [1.54, 1.807) is 6.92 Å². The molecule has 116 valence electrons. The van der Waals surface area contributed by atoms with E-state index in [1.165, 1.54) is 0 Å². The van der Waals surface area contributed by atoms with Crippen LogP contribution in [0.4, 0.5) is 0 Å². The van der Waals surface area contributed by atoms with Gasteiger partial charge in [0.1, 0.15) is 5.78 Å². The maximum Gasteiger partial charge on any atom is 0.264 e. The molecule has 6 heteroatoms. The van der Waals surface area contributed by atoms with E-state index in [-0.39, 0.29) is 17.6 Å². The highest BCUT2D eigenvalue weighted by molar-refractivity contribution is 7.86. The number of Topliss-reactive ketones (excluding diaryl/α,β-unsaturated/α-hetero) is 1. The Morgan fingerprint density at radius 3 is 2.48 bits per heavy atom. The average Bonchev–Trinajstić information content (AvgIpc) is 2.72. The van der Waals surface area contributed by atoms with Gasteiger partial charge in [-0.3, -0.25) is 8.98 Å². The lowest BCUT2D eigenvalue weighted by Gasteiger charge is -2.17. The summed E-state index contributed by atoms with van der Waals surface area (Å²) >= 11 is 5.84. The third-order valence-corrected chi connectivity index (χ3v) is 4.79. The minimum Gasteiger partial charge on any atom is -0.299 e. The maximum absolute atomic E-state index is 12.4. The van der Waals surface area contributed by atoms with Crippen LogP contribution in [0.15, 0.2) is 24.3 Å². The van der Waals surface area contributed by atoms with Crippen LogP contribution in [0, 0.1) is 11.8 Å². The molecule has 0 saturated heterocycles. The zero-order chi connectivity index (χ0) is 15.6. The molecule has 2 rings (SSSR count). The van der Waals surface area contributed by atoms with Gasteiger partial charge in [0.15, 0.2) is 0 Å². The average molecular weight is 331 g/mol. The number of hydrogen-bond acceptors (Lipinski definition) is 4. The van der Waals surface area contributed by atoms with E-state index in [9.17, 15) is 13.2 Å². The second kappa shape index (κ2) is 6.46. The Morgan fingerprint density at radius 2 is 1.90 bits per heavy atom. The smallest absolute Gasteiger partial charge is 0.264 e. The molecule has 0 spiro atoms. The highest BCUT2D eigenvalue weighted by Crippen LogP contribution is 2.33. The molecular formula is C15H19ClO4S. The van der Waals surface area contributed by atoms with Crippen molar-refractivity contribution in [3.8, 4) is 0 Å². The SMILES string of the molecule is CC(OS(C)(=O)=O)C1CCC(Cc2ccc(Cl)cc2)C1=O. The molecule has 0 aliphatic heterocycles. The molecule has 1 aromatic carbocycles. The summed E-state index contributed by atoms with van der Waals surface area (Å²) in [5.74, 6) is -0.306. The molecule has 0 aromatic heterocycles. The van der Waals surface area contributed by atoms with Crippen molar-refractivity contribution in [2.45, 2.75) is 32.3 Å². The van der Waals surface area contributed by atoms with E-state index in [0.29, 0.717) is 17.9 Å². The summed E-state index contributed by atoms with van der Waals surface area (Å²) in [5, 5.41) is 0.671. The fourth-order valence-corrected chi connectivity index (χ4v) is 3.70. The second-order valence-electron chi connectivity index (χ2n) is 5.62. The fraction of sp³-hybridized carbons (Fsp3) is 0.533. The number of ketones is 1. The van der Waals surface area contributed by atoms with E-state index in [1.807, 2.05) is 24.3 Å². The molecule has 0 amide bonds. The molecular weight excluding hydrogens is 312 g/mol. The minimum atomic E-state index is -3.53. The molecule has 0 radical (unpaired) electrons. The molecule has 21 heavy (non-hydrogen) atoms. The first-order valence-corrected chi connectivity index (χ1v) is 9.12. The lowest BCUT2D eigenvalue weighted by molar-refractivity contribution is -0.125. The number of hydrogen-bond donors (Lipinski definition) is 0. The highest BCUT2D eigenvalue weighted by Gasteiger charge is 2.38. The lowest BCUT2D eigenvalue weighted by atomic mass is 9.94. The Balaban J connectivity index is 1.99. The third kappa shape index (κ3) is 4.53. The van der Waals surface area contributed by atoms with Crippen LogP contribution in [0.5, 0.6) is 0 Å². The minimum absolute atomic E-state index is 0.0678. The van der Waals surface area contributed by atoms with E-state index in [2.05, 4.69) is 0 Å². The largest absolute Gasteiger partial charge is 0.299 e. The summed E-state index contributed by atoms with van der Waals surface area (Å²) in [4.78, 5) is 12.4. The second-order valence-corrected chi connectivity index (χ2v) is 7.66. The van der Waals surface area contributed by atoms with E-state index >= 15 is 0 Å². The van der Waals surface area contributed by atoms with Crippen molar-refractivity contribution in [2.75, 3.05) is 6.26 Å². The molecule has 1 aromatic rings. The van der Waals surface area contributed by atoms with Gasteiger partial charge in [0.25, 0.3) is 10.1 Å². The van der Waals surface area contributed by atoms with Crippen molar-refractivity contribution in [3.63, 3.8) is 0 Å². The van der Waals surface area contributed by atoms with Gasteiger partial charge in [-0.1, -0.05) is 23.7 Å². The first kappa shape index (κ1) is 16.5. The van der Waals surface area contributed by atoms with E-state index in [0.717, 1.165) is 18.2 Å². The zero-order valence-electron chi connectivity index (χ0n) is 12.1. The van der Waals surface area contributed by atoms with Gasteiger partial charge in [0.05, 0.1) is 12.4 Å². The van der Waals surface area contributed by atoms with Gasteiger partial charge in [-0.05, 0) is 43.9 Å². The first-order chi connectivity index (χ1) is 9.76. The number of carbonyl (C=O) groups is 1. The molecule has 1 aliphatic carbocycles. The van der Waals surface area contributed by atoms with Crippen molar-refractivity contribution in [1.29, 1.82) is 0 Å². The molecule has 0 N–H and O–H groups in total. The van der Waals surface area contributed by atoms with Gasteiger partial charge >= 0.3 is 0 Å². The molecule has 3 atom stereocenters. The van der Waals surface area contributed by atoms with Gasteiger partial charge in [-0.15, -0.1) is 0 Å². The van der Waals surface area contributed by atoms with Crippen LogP contribution < -0.4 is 0 Å². The molecule has 1 aliphatic rings. The first-order valence-electron chi connectivity index (χ1n) is 6.92. The van der Waals surface area contributed by atoms with Gasteiger partial charge in [0.2, 0.25) is 0 Å². The lowest BCUT2D eigenvalue weighted by Crippen LogP contribution is -2.29. The van der Waals surface area contributed by atoms with Gasteiger partial charge in [-0.25, -0.2) is 0 Å². The van der Waals surface area contributed by atoms with Crippen LogP contribution in [-0.2, 0) is 25.5 Å². The van der Waals surface area contributed by atoms with Crippen LogP contribution in [0.1, 0.15) is 25.3 Å². The van der Waals surface area contributed by atoms with Crippen molar-refractivity contribution in [2.24, 2.45) is 11.8 Å². The van der Waals surface area contributed by atoms with E-state index in [4.69, 9.17) is 15.8 Å². The molecule has 3 unspecified atom stereocenters. The van der Waals surface area contributed by atoms with Crippen molar-refractivity contribution in [1.82, 2.24) is 0 Å². The maximum atomic E-state index is 12.4. The van der Waals surface area contributed by atoms with Gasteiger partial charge in [-0.2, -0.15) is 8.42 Å². The van der Waals surface area contributed by atoms with Crippen molar-refractivity contribution >= 4 is 27.5 Å². The molecule has 1 saturated carbocycles. The van der Waals surface area contributed by atoms with Crippen molar-refractivity contribution in [3.05, 3.63) is 34.9 Å². The Hall–Kier alpha value is -0.910. The molecule has 0 heterocycles. The summed E-state index contributed by atoms with van der Waals surface area (Å²) in [6.45, 7) is 1.65. The summed E-state index contributed by atoms with van der Waals surface area (Å²) in [6.07, 6.45) is 2.52. The molecule has 4 nitrogen and oxygen atoms in total. The van der Waals surface area contributed by atoms with E-state index < -0.39 is 16.2 Å².